The predicted octanol–water partition coefficient (Wildman–Crippen LogP) is 1.40. The van der Waals surface area contributed by atoms with Gasteiger partial charge in [0.25, 0.3) is 0 Å². The Labute approximate surface area is 110 Å². The molecule has 0 spiro atoms. The topological polar surface area (TPSA) is 102 Å². The van der Waals surface area contributed by atoms with Crippen molar-refractivity contribution >= 4 is 11.5 Å². The first-order valence-corrected chi connectivity index (χ1v) is 5.99. The zero-order chi connectivity index (χ0) is 13.8. The molecule has 0 bridgehead atoms. The third-order valence-electron chi connectivity index (χ3n) is 2.85. The van der Waals surface area contributed by atoms with Gasteiger partial charge in [-0.2, -0.15) is 10.2 Å². The van der Waals surface area contributed by atoms with Crippen LogP contribution in [0.4, 0.5) is 11.5 Å². The molecule has 0 fully saturated rings. The molecule has 0 aliphatic rings. The average Bonchev–Trinajstić information content (AvgIpc) is 2.93. The Hall–Kier alpha value is -2.38. The maximum atomic E-state index is 11.0. The Balaban J connectivity index is 1.94. The number of rotatable bonds is 6. The molecular formula is C11H16N6O2. The molecule has 0 aromatic carbocycles. The van der Waals surface area contributed by atoms with Crippen LogP contribution >= 0.6 is 0 Å². The number of aromatic nitrogens is 4. The Morgan fingerprint density at radius 3 is 3.00 bits per heavy atom. The number of aromatic amines is 1. The Morgan fingerprint density at radius 2 is 2.37 bits per heavy atom. The molecular weight excluding hydrogens is 248 g/mol. The summed E-state index contributed by atoms with van der Waals surface area (Å²) in [7, 11) is 1.69. The van der Waals surface area contributed by atoms with Crippen molar-refractivity contribution in [2.75, 3.05) is 11.9 Å². The van der Waals surface area contributed by atoms with E-state index in [1.54, 1.807) is 20.2 Å². The van der Waals surface area contributed by atoms with Crippen LogP contribution in [-0.2, 0) is 13.5 Å². The standard InChI is InChI=1S/C11H16N6O2/c1-8-10(17(18)19)11(16(2)15-8)12-6-3-4-9-5-7-13-14-9/h5,7,12H,3-4,6H2,1-2H3,(H,13,14). The minimum absolute atomic E-state index is 0.0454. The molecule has 0 radical (unpaired) electrons. The van der Waals surface area contributed by atoms with Crippen molar-refractivity contribution in [2.24, 2.45) is 7.05 Å². The van der Waals surface area contributed by atoms with E-state index in [1.807, 2.05) is 6.07 Å². The molecule has 2 heterocycles. The van der Waals surface area contributed by atoms with E-state index in [0.717, 1.165) is 18.5 Å². The number of nitrogens with one attached hydrogen (secondary N) is 2. The average molecular weight is 264 g/mol. The van der Waals surface area contributed by atoms with Crippen molar-refractivity contribution in [3.8, 4) is 0 Å². The molecule has 0 saturated heterocycles. The molecule has 0 saturated carbocycles. The van der Waals surface area contributed by atoms with Gasteiger partial charge in [-0.1, -0.05) is 0 Å². The maximum absolute atomic E-state index is 11.0. The summed E-state index contributed by atoms with van der Waals surface area (Å²) in [6.45, 7) is 2.27. The molecule has 102 valence electrons. The van der Waals surface area contributed by atoms with Crippen LogP contribution in [-0.4, -0.2) is 31.4 Å². The molecule has 0 amide bonds. The van der Waals surface area contributed by atoms with Crippen LogP contribution in [0.3, 0.4) is 0 Å². The van der Waals surface area contributed by atoms with Gasteiger partial charge in [-0.15, -0.1) is 0 Å². The van der Waals surface area contributed by atoms with Crippen LogP contribution in [0, 0.1) is 17.0 Å². The van der Waals surface area contributed by atoms with E-state index in [2.05, 4.69) is 20.6 Å². The van der Waals surface area contributed by atoms with Gasteiger partial charge in [0, 0.05) is 25.5 Å². The van der Waals surface area contributed by atoms with E-state index in [-0.39, 0.29) is 5.69 Å². The summed E-state index contributed by atoms with van der Waals surface area (Å²) in [5.74, 6) is 0.451. The van der Waals surface area contributed by atoms with Gasteiger partial charge >= 0.3 is 5.69 Å². The van der Waals surface area contributed by atoms with Crippen LogP contribution in [0.15, 0.2) is 12.3 Å². The number of anilines is 1. The van der Waals surface area contributed by atoms with Gasteiger partial charge < -0.3 is 5.32 Å². The Bertz CT molecular complexity index is 560. The van der Waals surface area contributed by atoms with Gasteiger partial charge in [0.2, 0.25) is 5.82 Å². The molecule has 19 heavy (non-hydrogen) atoms. The van der Waals surface area contributed by atoms with Crippen LogP contribution in [0.5, 0.6) is 0 Å². The van der Waals surface area contributed by atoms with Gasteiger partial charge in [-0.05, 0) is 25.8 Å². The summed E-state index contributed by atoms with van der Waals surface area (Å²) in [5.41, 5.74) is 1.52. The van der Waals surface area contributed by atoms with E-state index >= 15 is 0 Å². The quantitative estimate of drug-likeness (QED) is 0.466. The number of aryl methyl sites for hydroxylation is 3. The Morgan fingerprint density at radius 1 is 1.58 bits per heavy atom. The van der Waals surface area contributed by atoms with Crippen molar-refractivity contribution in [3.05, 3.63) is 33.8 Å². The summed E-state index contributed by atoms with van der Waals surface area (Å²) in [4.78, 5) is 10.6. The van der Waals surface area contributed by atoms with Gasteiger partial charge in [-0.3, -0.25) is 15.2 Å². The number of hydrogen-bond acceptors (Lipinski definition) is 5. The lowest BCUT2D eigenvalue weighted by Crippen LogP contribution is -2.08. The second-order valence-electron chi connectivity index (χ2n) is 4.28. The molecule has 0 atom stereocenters. The lowest BCUT2D eigenvalue weighted by atomic mass is 10.2. The van der Waals surface area contributed by atoms with Crippen LogP contribution in [0.1, 0.15) is 17.8 Å². The lowest BCUT2D eigenvalue weighted by Gasteiger charge is -2.05. The smallest absolute Gasteiger partial charge is 0.333 e. The van der Waals surface area contributed by atoms with Gasteiger partial charge in [-0.25, -0.2) is 4.68 Å². The van der Waals surface area contributed by atoms with E-state index in [4.69, 9.17) is 0 Å². The third-order valence-corrected chi connectivity index (χ3v) is 2.85. The minimum atomic E-state index is -0.403. The number of H-pyrrole nitrogens is 1. The fourth-order valence-electron chi connectivity index (χ4n) is 1.97. The first-order valence-electron chi connectivity index (χ1n) is 5.99. The highest BCUT2D eigenvalue weighted by atomic mass is 16.6. The second kappa shape index (κ2) is 5.51. The highest BCUT2D eigenvalue weighted by Crippen LogP contribution is 2.27. The minimum Gasteiger partial charge on any atom is -0.365 e. The zero-order valence-corrected chi connectivity index (χ0v) is 10.9. The molecule has 8 heteroatoms. The van der Waals surface area contributed by atoms with Crippen molar-refractivity contribution in [2.45, 2.75) is 19.8 Å². The van der Waals surface area contributed by atoms with E-state index < -0.39 is 4.92 Å². The molecule has 2 aromatic rings. The summed E-state index contributed by atoms with van der Waals surface area (Å²) in [5, 5.41) is 24.8. The van der Waals surface area contributed by atoms with Crippen molar-refractivity contribution in [1.82, 2.24) is 20.0 Å². The molecule has 2 N–H and O–H groups in total. The summed E-state index contributed by atoms with van der Waals surface area (Å²) < 4.78 is 1.50. The van der Waals surface area contributed by atoms with E-state index in [0.29, 0.717) is 18.1 Å². The fraction of sp³-hybridized carbons (Fsp3) is 0.455. The first kappa shape index (κ1) is 13.1. The molecule has 8 nitrogen and oxygen atoms in total. The van der Waals surface area contributed by atoms with Gasteiger partial charge in [0.1, 0.15) is 5.69 Å². The molecule has 0 aliphatic heterocycles. The summed E-state index contributed by atoms with van der Waals surface area (Å²) in [6.07, 6.45) is 3.40. The normalized spacial score (nSPS) is 10.6. The van der Waals surface area contributed by atoms with Crippen molar-refractivity contribution in [1.29, 1.82) is 0 Å². The van der Waals surface area contributed by atoms with Crippen molar-refractivity contribution in [3.63, 3.8) is 0 Å². The molecule has 2 aromatic heterocycles. The highest BCUT2D eigenvalue weighted by molar-refractivity contribution is 5.59. The highest BCUT2D eigenvalue weighted by Gasteiger charge is 2.23. The summed E-state index contributed by atoms with van der Waals surface area (Å²) >= 11 is 0. The number of nitro groups is 1. The van der Waals surface area contributed by atoms with Crippen LogP contribution < -0.4 is 5.32 Å². The number of nitrogens with zero attached hydrogens (tertiary/aromatic N) is 4. The molecule has 0 aliphatic carbocycles. The van der Waals surface area contributed by atoms with Crippen molar-refractivity contribution < 1.29 is 4.92 Å². The van der Waals surface area contributed by atoms with Gasteiger partial charge in [0.15, 0.2) is 0 Å². The monoisotopic (exact) mass is 264 g/mol. The second-order valence-corrected chi connectivity index (χ2v) is 4.28. The SMILES string of the molecule is Cc1nn(C)c(NCCCc2ccn[nH]2)c1[N+](=O)[O-]. The fourth-order valence-corrected chi connectivity index (χ4v) is 1.97. The number of hydrogen-bond donors (Lipinski definition) is 2. The maximum Gasteiger partial charge on any atom is 0.333 e. The molecule has 0 unspecified atom stereocenters. The molecule has 2 rings (SSSR count). The van der Waals surface area contributed by atoms with Gasteiger partial charge in [0.05, 0.1) is 4.92 Å². The zero-order valence-electron chi connectivity index (χ0n) is 10.9. The van der Waals surface area contributed by atoms with E-state index in [9.17, 15) is 10.1 Å². The Kier molecular flexibility index (Phi) is 3.79. The third kappa shape index (κ3) is 2.90. The first-order chi connectivity index (χ1) is 9.09. The van der Waals surface area contributed by atoms with Crippen LogP contribution in [0.25, 0.3) is 0 Å². The largest absolute Gasteiger partial charge is 0.365 e. The van der Waals surface area contributed by atoms with Crippen LogP contribution in [0.2, 0.25) is 0 Å². The predicted molar refractivity (Wildman–Crippen MR) is 70.0 cm³/mol. The summed E-state index contributed by atoms with van der Waals surface area (Å²) in [6, 6.07) is 1.91. The lowest BCUT2D eigenvalue weighted by molar-refractivity contribution is -0.384. The van der Waals surface area contributed by atoms with E-state index in [1.165, 1.54) is 4.68 Å².